The van der Waals surface area contributed by atoms with Crippen LogP contribution in [0.25, 0.3) is 32.1 Å². The first-order valence-corrected chi connectivity index (χ1v) is 17.7. The molecule has 262 valence electrons. The smallest absolute Gasteiger partial charge is 0.412 e. The molecule has 0 spiro atoms. The van der Waals surface area contributed by atoms with Gasteiger partial charge < -0.3 is 29.7 Å². The van der Waals surface area contributed by atoms with Crippen molar-refractivity contribution in [3.05, 3.63) is 34.6 Å². The molecule has 3 aliphatic heterocycles. The minimum absolute atomic E-state index is 0.0348. The molecule has 12 nitrogen and oxygen atoms in total. The van der Waals surface area contributed by atoms with E-state index in [1.54, 1.807) is 32.7 Å². The van der Waals surface area contributed by atoms with Crippen molar-refractivity contribution in [3.63, 3.8) is 0 Å². The lowest BCUT2D eigenvalue weighted by molar-refractivity contribution is -0.132. The van der Waals surface area contributed by atoms with Gasteiger partial charge in [-0.2, -0.15) is 10.2 Å². The van der Waals surface area contributed by atoms with Crippen LogP contribution in [0.4, 0.5) is 26.0 Å². The number of thiophene rings is 1. The van der Waals surface area contributed by atoms with Gasteiger partial charge in [0.2, 0.25) is 11.9 Å². The van der Waals surface area contributed by atoms with E-state index in [0.717, 1.165) is 36.3 Å². The average Bonchev–Trinajstić information content (AvgIpc) is 3.77. The molecule has 2 aromatic heterocycles. The first-order chi connectivity index (χ1) is 23.8. The number of phenols is 1. The zero-order chi connectivity index (χ0) is 35.6. The number of carbonyl (C=O) groups is 2. The van der Waals surface area contributed by atoms with E-state index in [4.69, 9.17) is 19.4 Å². The van der Waals surface area contributed by atoms with Crippen LogP contribution in [-0.4, -0.2) is 69.8 Å². The molecule has 14 heteroatoms. The molecule has 0 saturated carbocycles. The number of ether oxygens (including phenoxy) is 2. The zero-order valence-corrected chi connectivity index (χ0v) is 29.8. The van der Waals surface area contributed by atoms with Crippen LogP contribution in [-0.2, 0) is 27.5 Å². The minimum Gasteiger partial charge on any atom is -0.505 e. The van der Waals surface area contributed by atoms with Gasteiger partial charge in [-0.05, 0) is 75.6 Å². The van der Waals surface area contributed by atoms with Crippen molar-refractivity contribution in [3.8, 4) is 22.9 Å². The SMILES string of the molecule is CC1CCN(c2nc(NC3CCCN(C)C3=O)c3c4c(c(-c5ccc(F)c6sc(NC(=O)OC(C)(C)C)c(C#N)c56)c(O)c3n2)COC4)C1C. The predicted molar refractivity (Wildman–Crippen MR) is 190 cm³/mol. The third kappa shape index (κ3) is 5.72. The number of rotatable bonds is 5. The fraction of sp³-hybridized carbons (Fsp3) is 0.472. The van der Waals surface area contributed by atoms with Crippen molar-refractivity contribution in [1.82, 2.24) is 14.9 Å². The summed E-state index contributed by atoms with van der Waals surface area (Å²) in [5, 5.41) is 29.7. The number of amides is 2. The number of aromatic hydroxyl groups is 1. The number of carbonyl (C=O) groups excluding carboxylic acids is 2. The number of nitrogens with zero attached hydrogens (tertiary/aromatic N) is 5. The Kier molecular flexibility index (Phi) is 8.47. The van der Waals surface area contributed by atoms with E-state index < -0.39 is 23.6 Å². The number of phenolic OH excluding ortho intramolecular Hbond substituents is 1. The molecular formula is C36H40FN7O5S. The summed E-state index contributed by atoms with van der Waals surface area (Å²) < 4.78 is 27.0. The Labute approximate surface area is 293 Å². The van der Waals surface area contributed by atoms with Crippen molar-refractivity contribution >= 4 is 61.1 Å². The lowest BCUT2D eigenvalue weighted by atomic mass is 9.90. The number of piperidine rings is 1. The average molecular weight is 702 g/mol. The number of fused-ring (bicyclic) bond motifs is 4. The van der Waals surface area contributed by atoms with Gasteiger partial charge in [-0.1, -0.05) is 13.0 Å². The van der Waals surface area contributed by atoms with Crippen LogP contribution in [0, 0.1) is 23.1 Å². The summed E-state index contributed by atoms with van der Waals surface area (Å²) in [5.41, 5.74) is 1.66. The molecule has 0 aliphatic carbocycles. The summed E-state index contributed by atoms with van der Waals surface area (Å²) >= 11 is 0.922. The molecule has 0 radical (unpaired) electrons. The minimum atomic E-state index is -0.791. The molecule has 2 aromatic carbocycles. The fourth-order valence-electron chi connectivity index (χ4n) is 7.25. The molecule has 50 heavy (non-hydrogen) atoms. The van der Waals surface area contributed by atoms with E-state index in [1.807, 2.05) is 0 Å². The van der Waals surface area contributed by atoms with E-state index in [-0.39, 0.29) is 57.1 Å². The molecule has 2 fully saturated rings. The van der Waals surface area contributed by atoms with Gasteiger partial charge in [0.05, 0.1) is 28.9 Å². The zero-order valence-electron chi connectivity index (χ0n) is 28.9. The molecule has 4 aromatic rings. The van der Waals surface area contributed by atoms with E-state index in [1.165, 1.54) is 12.1 Å². The predicted octanol–water partition coefficient (Wildman–Crippen LogP) is 6.87. The number of aromatic nitrogens is 2. The summed E-state index contributed by atoms with van der Waals surface area (Å²) in [6.07, 6.45) is 1.64. The normalized spacial score (nSPS) is 20.8. The van der Waals surface area contributed by atoms with E-state index in [9.17, 15) is 20.0 Å². The highest BCUT2D eigenvalue weighted by atomic mass is 32.1. The molecule has 7 rings (SSSR count). The highest BCUT2D eigenvalue weighted by Gasteiger charge is 2.35. The Morgan fingerprint density at radius 2 is 1.92 bits per heavy atom. The third-order valence-corrected chi connectivity index (χ3v) is 11.1. The topological polar surface area (TPSA) is 153 Å². The second-order valence-electron chi connectivity index (χ2n) is 14.4. The molecule has 2 amide bonds. The maximum atomic E-state index is 15.5. The van der Waals surface area contributed by atoms with Gasteiger partial charge in [-0.15, -0.1) is 11.3 Å². The van der Waals surface area contributed by atoms with E-state index in [0.29, 0.717) is 52.7 Å². The van der Waals surface area contributed by atoms with Crippen molar-refractivity contribution < 1.29 is 28.6 Å². The van der Waals surface area contributed by atoms with Gasteiger partial charge in [-0.3, -0.25) is 10.1 Å². The summed E-state index contributed by atoms with van der Waals surface area (Å²) in [7, 11) is 1.79. The van der Waals surface area contributed by atoms with Gasteiger partial charge >= 0.3 is 6.09 Å². The second kappa shape index (κ2) is 12.5. The largest absolute Gasteiger partial charge is 0.505 e. The Morgan fingerprint density at radius 1 is 1.16 bits per heavy atom. The highest BCUT2D eigenvalue weighted by Crippen LogP contribution is 2.51. The summed E-state index contributed by atoms with van der Waals surface area (Å²) in [6.45, 7) is 11.2. The first kappa shape index (κ1) is 33.7. The van der Waals surface area contributed by atoms with Crippen LogP contribution in [0.2, 0.25) is 0 Å². The molecule has 2 saturated heterocycles. The number of hydrogen-bond donors (Lipinski definition) is 3. The number of benzene rings is 2. The fourth-order valence-corrected chi connectivity index (χ4v) is 8.31. The van der Waals surface area contributed by atoms with Gasteiger partial charge in [0.15, 0.2) is 0 Å². The van der Waals surface area contributed by atoms with E-state index in [2.05, 4.69) is 35.5 Å². The number of hydrogen-bond acceptors (Lipinski definition) is 11. The lowest BCUT2D eigenvalue weighted by Crippen LogP contribution is -2.45. The Balaban J connectivity index is 1.46. The maximum Gasteiger partial charge on any atom is 0.412 e. The lowest BCUT2D eigenvalue weighted by Gasteiger charge is -2.31. The van der Waals surface area contributed by atoms with Gasteiger partial charge in [0.25, 0.3) is 0 Å². The van der Waals surface area contributed by atoms with Crippen LogP contribution >= 0.6 is 11.3 Å². The number of likely N-dealkylation sites (N-methyl/N-ethyl adjacent to an activating group) is 1. The van der Waals surface area contributed by atoms with Crippen LogP contribution < -0.4 is 15.5 Å². The number of nitrogens with one attached hydrogen (secondary N) is 2. The van der Waals surface area contributed by atoms with Crippen molar-refractivity contribution in [2.24, 2.45) is 5.92 Å². The Morgan fingerprint density at radius 3 is 2.62 bits per heavy atom. The number of nitriles is 1. The van der Waals surface area contributed by atoms with Crippen molar-refractivity contribution in [1.29, 1.82) is 5.26 Å². The number of anilines is 3. The van der Waals surface area contributed by atoms with Gasteiger partial charge in [0, 0.05) is 37.1 Å². The number of likely N-dealkylation sites (tertiary alicyclic amines) is 1. The Bertz CT molecular complexity index is 2110. The van der Waals surface area contributed by atoms with E-state index >= 15 is 4.39 Å². The Hall–Kier alpha value is -4.74. The highest BCUT2D eigenvalue weighted by molar-refractivity contribution is 7.23. The molecule has 3 aliphatic rings. The van der Waals surface area contributed by atoms with Gasteiger partial charge in [-0.25, -0.2) is 14.2 Å². The quantitative estimate of drug-likeness (QED) is 0.201. The van der Waals surface area contributed by atoms with Crippen LogP contribution in [0.5, 0.6) is 5.75 Å². The second-order valence-corrected chi connectivity index (χ2v) is 15.4. The van der Waals surface area contributed by atoms with Crippen molar-refractivity contribution in [2.75, 3.05) is 35.7 Å². The molecular weight excluding hydrogens is 662 g/mol. The van der Waals surface area contributed by atoms with Crippen molar-refractivity contribution in [2.45, 2.75) is 84.8 Å². The number of halogens is 1. The molecule has 3 N–H and O–H groups in total. The van der Waals surface area contributed by atoms with Crippen LogP contribution in [0.1, 0.15) is 70.6 Å². The van der Waals surface area contributed by atoms with Crippen LogP contribution in [0.15, 0.2) is 12.1 Å². The molecule has 3 atom stereocenters. The standard InChI is InChI=1S/C36H40FN7O5S/c1-17-11-13-44(18(17)2)34-40-28-27(31(41-34)39-24-8-7-12-43(6)33(24)46)22-16-48-15-21(22)25(29(28)45)19-9-10-23(37)30-26(19)20(14-38)32(50-30)42-35(47)49-36(3,4)5/h9-10,17-18,24,45H,7-8,11-13,15-16H2,1-6H3,(H,42,47)(H,39,40,41). The molecule has 3 unspecified atom stereocenters. The monoisotopic (exact) mass is 701 g/mol. The summed E-state index contributed by atoms with van der Waals surface area (Å²) in [4.78, 5) is 39.8. The first-order valence-electron chi connectivity index (χ1n) is 16.9. The maximum absolute atomic E-state index is 15.5. The summed E-state index contributed by atoms with van der Waals surface area (Å²) in [6, 6.07) is 4.60. The molecule has 5 heterocycles. The molecule has 0 bridgehead atoms. The summed E-state index contributed by atoms with van der Waals surface area (Å²) in [5.74, 6) is 0.479. The van der Waals surface area contributed by atoms with Crippen LogP contribution in [0.3, 0.4) is 0 Å². The third-order valence-electron chi connectivity index (χ3n) is 9.97. The van der Waals surface area contributed by atoms with Gasteiger partial charge in [0.1, 0.15) is 45.6 Å².